The number of carbonyl (C=O) groups is 1. The Balaban J connectivity index is 2.25. The Labute approximate surface area is 146 Å². The second kappa shape index (κ2) is 9.10. The molecule has 0 saturated heterocycles. The van der Waals surface area contributed by atoms with Crippen molar-refractivity contribution in [2.24, 2.45) is 11.8 Å². The number of rotatable bonds is 9. The summed E-state index contributed by atoms with van der Waals surface area (Å²) in [5, 5.41) is 0. The molecule has 0 fully saturated rings. The van der Waals surface area contributed by atoms with Gasteiger partial charge in [0.2, 0.25) is 0 Å². The molecule has 3 atom stereocenters. The fourth-order valence-corrected chi connectivity index (χ4v) is 4.08. The molecule has 0 spiro atoms. The van der Waals surface area contributed by atoms with E-state index in [1.54, 1.807) is 14.0 Å². The highest BCUT2D eigenvalue weighted by Crippen LogP contribution is 2.46. The summed E-state index contributed by atoms with van der Waals surface area (Å²) in [6.45, 7) is 6.94. The van der Waals surface area contributed by atoms with Gasteiger partial charge in [0.1, 0.15) is 17.3 Å². The van der Waals surface area contributed by atoms with Gasteiger partial charge in [0.05, 0.1) is 13.7 Å². The average molecular weight is 332 g/mol. The Kier molecular flexibility index (Phi) is 7.14. The predicted molar refractivity (Wildman–Crippen MR) is 97.9 cm³/mol. The molecule has 0 aliphatic carbocycles. The number of hydrogen-bond acceptors (Lipinski definition) is 3. The van der Waals surface area contributed by atoms with Gasteiger partial charge in [-0.3, -0.25) is 0 Å². The van der Waals surface area contributed by atoms with Crippen LogP contribution in [0, 0.1) is 11.8 Å². The van der Waals surface area contributed by atoms with E-state index in [1.807, 2.05) is 12.1 Å². The highest BCUT2D eigenvalue weighted by atomic mass is 16.5. The maximum Gasteiger partial charge on any atom is 0.129 e. The number of methoxy groups -OCH3 is 1. The van der Waals surface area contributed by atoms with E-state index in [-0.39, 0.29) is 0 Å². The fraction of sp³-hybridized carbons (Fsp3) is 0.667. The summed E-state index contributed by atoms with van der Waals surface area (Å²) in [6.07, 6.45) is 6.35. The zero-order valence-corrected chi connectivity index (χ0v) is 15.6. The SMILES string of the molecule is CCCC(CCC(C)=O)[C@H]1COc2cc(OC)ccc2[C@H]1CCC. The summed E-state index contributed by atoms with van der Waals surface area (Å²) < 4.78 is 11.5. The molecule has 3 nitrogen and oxygen atoms in total. The molecule has 0 saturated carbocycles. The zero-order valence-electron chi connectivity index (χ0n) is 15.6. The number of benzene rings is 1. The Morgan fingerprint density at radius 3 is 2.71 bits per heavy atom. The lowest BCUT2D eigenvalue weighted by atomic mass is 9.71. The van der Waals surface area contributed by atoms with E-state index in [9.17, 15) is 4.79 Å². The first-order valence-corrected chi connectivity index (χ1v) is 9.40. The van der Waals surface area contributed by atoms with Crippen LogP contribution < -0.4 is 9.47 Å². The molecule has 24 heavy (non-hydrogen) atoms. The lowest BCUT2D eigenvalue weighted by molar-refractivity contribution is -0.117. The van der Waals surface area contributed by atoms with E-state index in [1.165, 1.54) is 18.4 Å². The van der Waals surface area contributed by atoms with Crippen LogP contribution in [0.5, 0.6) is 11.5 Å². The van der Waals surface area contributed by atoms with Gasteiger partial charge in [-0.15, -0.1) is 0 Å². The smallest absolute Gasteiger partial charge is 0.129 e. The number of ketones is 1. The van der Waals surface area contributed by atoms with E-state index in [0.29, 0.717) is 30.0 Å². The van der Waals surface area contributed by atoms with Crippen LogP contribution in [0.15, 0.2) is 18.2 Å². The number of ether oxygens (including phenoxy) is 2. The molecule has 1 aromatic carbocycles. The summed E-state index contributed by atoms with van der Waals surface area (Å²) in [4.78, 5) is 11.5. The third-order valence-electron chi connectivity index (χ3n) is 5.30. The van der Waals surface area contributed by atoms with Gasteiger partial charge in [0.25, 0.3) is 0 Å². The molecule has 1 aliphatic heterocycles. The summed E-state index contributed by atoms with van der Waals surface area (Å²) in [5.41, 5.74) is 1.32. The van der Waals surface area contributed by atoms with Gasteiger partial charge in [-0.25, -0.2) is 0 Å². The molecular formula is C21H32O3. The highest BCUT2D eigenvalue weighted by molar-refractivity contribution is 5.75. The van der Waals surface area contributed by atoms with Crippen LogP contribution in [-0.4, -0.2) is 19.5 Å². The van der Waals surface area contributed by atoms with Crippen LogP contribution in [0.3, 0.4) is 0 Å². The second-order valence-corrected chi connectivity index (χ2v) is 7.06. The van der Waals surface area contributed by atoms with Gasteiger partial charge in [-0.1, -0.05) is 39.2 Å². The van der Waals surface area contributed by atoms with E-state index in [2.05, 4.69) is 19.9 Å². The van der Waals surface area contributed by atoms with Gasteiger partial charge in [0, 0.05) is 18.4 Å². The second-order valence-electron chi connectivity index (χ2n) is 7.06. The zero-order chi connectivity index (χ0) is 17.5. The van der Waals surface area contributed by atoms with Gasteiger partial charge in [0.15, 0.2) is 0 Å². The van der Waals surface area contributed by atoms with Gasteiger partial charge < -0.3 is 14.3 Å². The molecule has 0 aromatic heterocycles. The Bertz CT molecular complexity index is 538. The largest absolute Gasteiger partial charge is 0.497 e. The van der Waals surface area contributed by atoms with Crippen molar-refractivity contribution < 1.29 is 14.3 Å². The van der Waals surface area contributed by atoms with Crippen molar-refractivity contribution in [1.29, 1.82) is 0 Å². The minimum absolute atomic E-state index is 0.296. The van der Waals surface area contributed by atoms with Crippen molar-refractivity contribution in [2.75, 3.05) is 13.7 Å². The van der Waals surface area contributed by atoms with E-state index >= 15 is 0 Å². The molecule has 1 unspecified atom stereocenters. The fourth-order valence-electron chi connectivity index (χ4n) is 4.08. The Hall–Kier alpha value is -1.51. The summed E-state index contributed by atoms with van der Waals surface area (Å²) in [7, 11) is 1.69. The molecule has 134 valence electrons. The number of carbonyl (C=O) groups excluding carboxylic acids is 1. The van der Waals surface area contributed by atoms with E-state index < -0.39 is 0 Å². The van der Waals surface area contributed by atoms with Gasteiger partial charge in [-0.05, 0) is 43.2 Å². The summed E-state index contributed by atoms with van der Waals surface area (Å²) >= 11 is 0. The lowest BCUT2D eigenvalue weighted by Crippen LogP contribution is -2.32. The third-order valence-corrected chi connectivity index (χ3v) is 5.30. The first-order chi connectivity index (χ1) is 11.6. The maximum atomic E-state index is 11.5. The van der Waals surface area contributed by atoms with E-state index in [4.69, 9.17) is 9.47 Å². The minimum atomic E-state index is 0.296. The molecular weight excluding hydrogens is 300 g/mol. The first kappa shape index (κ1) is 18.8. The quantitative estimate of drug-likeness (QED) is 0.609. The molecule has 1 heterocycles. The topological polar surface area (TPSA) is 35.5 Å². The summed E-state index contributed by atoms with van der Waals surface area (Å²) in [5.74, 6) is 3.71. The van der Waals surface area contributed by atoms with Crippen LogP contribution in [0.2, 0.25) is 0 Å². The average Bonchev–Trinajstić information content (AvgIpc) is 2.58. The molecule has 0 N–H and O–H groups in total. The highest BCUT2D eigenvalue weighted by Gasteiger charge is 2.35. The maximum absolute atomic E-state index is 11.5. The normalized spacial score (nSPS) is 20.8. The van der Waals surface area contributed by atoms with Crippen molar-refractivity contribution in [3.8, 4) is 11.5 Å². The Morgan fingerprint density at radius 1 is 1.29 bits per heavy atom. The number of Topliss-reactive ketones (excluding diaryl/α,β-unsaturated/α-hetero) is 1. The third kappa shape index (κ3) is 4.52. The van der Waals surface area contributed by atoms with Crippen LogP contribution in [0.1, 0.15) is 70.8 Å². The lowest BCUT2D eigenvalue weighted by Gasteiger charge is -2.38. The summed E-state index contributed by atoms with van der Waals surface area (Å²) in [6, 6.07) is 6.23. The predicted octanol–water partition coefficient (Wildman–Crippen LogP) is 5.37. The van der Waals surface area contributed by atoms with Crippen LogP contribution in [-0.2, 0) is 4.79 Å². The van der Waals surface area contributed by atoms with Crippen LogP contribution >= 0.6 is 0 Å². The van der Waals surface area contributed by atoms with Crippen molar-refractivity contribution in [1.82, 2.24) is 0 Å². The van der Waals surface area contributed by atoms with Crippen LogP contribution in [0.4, 0.5) is 0 Å². The van der Waals surface area contributed by atoms with Crippen molar-refractivity contribution in [2.45, 2.75) is 65.2 Å². The molecule has 3 heteroatoms. The Morgan fingerprint density at radius 2 is 2.08 bits per heavy atom. The molecule has 0 bridgehead atoms. The monoisotopic (exact) mass is 332 g/mol. The molecule has 1 aliphatic rings. The standard InChI is InChI=1S/C21H32O3/c1-5-7-16(10-9-15(3)22)20-14-24-21-13-17(23-4)11-12-19(21)18(20)8-6-2/h11-13,16,18,20H,5-10,14H2,1-4H3/t16?,18-,20-/m1/s1. The molecule has 0 radical (unpaired) electrons. The van der Waals surface area contributed by atoms with Crippen molar-refractivity contribution in [3.63, 3.8) is 0 Å². The molecule has 1 aromatic rings. The number of fused-ring (bicyclic) bond motifs is 1. The minimum Gasteiger partial charge on any atom is -0.497 e. The molecule has 2 rings (SSSR count). The van der Waals surface area contributed by atoms with Crippen LogP contribution in [0.25, 0.3) is 0 Å². The first-order valence-electron chi connectivity index (χ1n) is 9.40. The molecule has 0 amide bonds. The van der Waals surface area contributed by atoms with E-state index in [0.717, 1.165) is 37.4 Å². The van der Waals surface area contributed by atoms with Crippen molar-refractivity contribution in [3.05, 3.63) is 23.8 Å². The van der Waals surface area contributed by atoms with Gasteiger partial charge >= 0.3 is 0 Å². The van der Waals surface area contributed by atoms with Crippen molar-refractivity contribution >= 4 is 5.78 Å². The van der Waals surface area contributed by atoms with Gasteiger partial charge in [-0.2, -0.15) is 0 Å². The number of hydrogen-bond donors (Lipinski definition) is 0.